The van der Waals surface area contributed by atoms with Gasteiger partial charge < -0.3 is 24.8 Å². The smallest absolute Gasteiger partial charge is 0.248 e. The third-order valence-corrected chi connectivity index (χ3v) is 5.33. The molecule has 2 N–H and O–H groups in total. The van der Waals surface area contributed by atoms with Gasteiger partial charge in [-0.15, -0.1) is 24.0 Å². The van der Waals surface area contributed by atoms with E-state index in [1.165, 1.54) is 0 Å². The molecule has 2 heterocycles. The van der Waals surface area contributed by atoms with Gasteiger partial charge in [0, 0.05) is 42.8 Å². The van der Waals surface area contributed by atoms with Gasteiger partial charge in [-0.1, -0.05) is 16.8 Å². The van der Waals surface area contributed by atoms with E-state index in [0.717, 1.165) is 57.2 Å². The van der Waals surface area contributed by atoms with Crippen LogP contribution in [0.2, 0.25) is 5.02 Å². The lowest BCUT2D eigenvalue weighted by Crippen LogP contribution is -2.49. The summed E-state index contributed by atoms with van der Waals surface area (Å²) in [5.41, 5.74) is 0.860. The number of rotatable bonds is 9. The van der Waals surface area contributed by atoms with Crippen LogP contribution in [0, 0.1) is 0 Å². The number of aromatic nitrogens is 2. The zero-order chi connectivity index (χ0) is 22.1. The summed E-state index contributed by atoms with van der Waals surface area (Å²) in [4.78, 5) is 11.5. The highest BCUT2D eigenvalue weighted by Crippen LogP contribution is 2.19. The van der Waals surface area contributed by atoms with Crippen LogP contribution in [0.25, 0.3) is 11.4 Å². The van der Waals surface area contributed by atoms with Gasteiger partial charge in [-0.25, -0.2) is 4.99 Å². The van der Waals surface area contributed by atoms with Crippen molar-refractivity contribution >= 4 is 41.5 Å². The second kappa shape index (κ2) is 14.0. The zero-order valence-corrected chi connectivity index (χ0v) is 22.1. The van der Waals surface area contributed by atoms with E-state index in [1.807, 2.05) is 12.1 Å². The van der Waals surface area contributed by atoms with E-state index in [4.69, 9.17) is 20.9 Å². The van der Waals surface area contributed by atoms with Crippen LogP contribution in [0.4, 0.5) is 0 Å². The molecular formula is C22H34ClIN6O2. The van der Waals surface area contributed by atoms with Crippen molar-refractivity contribution in [3.05, 3.63) is 35.2 Å². The van der Waals surface area contributed by atoms with E-state index in [1.54, 1.807) is 12.1 Å². The van der Waals surface area contributed by atoms with Gasteiger partial charge in [0.1, 0.15) is 6.54 Å². The van der Waals surface area contributed by atoms with Crippen molar-refractivity contribution in [3.8, 4) is 11.4 Å². The molecular weight excluding hydrogens is 543 g/mol. The van der Waals surface area contributed by atoms with Crippen LogP contribution < -0.4 is 10.6 Å². The summed E-state index contributed by atoms with van der Waals surface area (Å²) in [7, 11) is 0. The van der Waals surface area contributed by atoms with E-state index >= 15 is 0 Å². The molecule has 8 nitrogen and oxygen atoms in total. The Labute approximate surface area is 212 Å². The first-order valence-electron chi connectivity index (χ1n) is 11.0. The molecule has 0 unspecified atom stereocenters. The van der Waals surface area contributed by atoms with E-state index in [0.29, 0.717) is 35.4 Å². The number of nitrogens with zero attached hydrogens (tertiary/aromatic N) is 4. The molecule has 178 valence electrons. The van der Waals surface area contributed by atoms with Crippen molar-refractivity contribution in [2.24, 2.45) is 4.99 Å². The summed E-state index contributed by atoms with van der Waals surface area (Å²) in [6.45, 7) is 11.2. The first-order chi connectivity index (χ1) is 15.0. The summed E-state index contributed by atoms with van der Waals surface area (Å²) in [6, 6.07) is 7.75. The maximum atomic E-state index is 5.94. The maximum absolute atomic E-state index is 5.94. The standard InChI is InChI=1S/C22H33ClN6O2.HI/c1-4-24-22(26-19-9-11-29(12-10-19)13-14-30-16(2)3)25-15-20-27-21(28-31-20)17-5-7-18(23)8-6-17;/h5-8,16,19H,4,9-15H2,1-3H3,(H2,24,25,26);1H. The number of hydrogen-bond acceptors (Lipinski definition) is 6. The third kappa shape index (κ3) is 8.84. The molecule has 2 aromatic rings. The minimum Gasteiger partial charge on any atom is -0.377 e. The lowest BCUT2D eigenvalue weighted by Gasteiger charge is -2.33. The van der Waals surface area contributed by atoms with Crippen LogP contribution >= 0.6 is 35.6 Å². The molecule has 10 heteroatoms. The number of likely N-dealkylation sites (tertiary alicyclic amines) is 1. The molecule has 1 fully saturated rings. The van der Waals surface area contributed by atoms with Crippen molar-refractivity contribution in [2.45, 2.75) is 52.3 Å². The van der Waals surface area contributed by atoms with Gasteiger partial charge >= 0.3 is 0 Å². The van der Waals surface area contributed by atoms with Gasteiger partial charge in [-0.3, -0.25) is 0 Å². The lowest BCUT2D eigenvalue weighted by molar-refractivity contribution is 0.0532. The molecule has 0 spiro atoms. The minimum absolute atomic E-state index is 0. The van der Waals surface area contributed by atoms with Crippen LogP contribution in [0.3, 0.4) is 0 Å². The molecule has 0 radical (unpaired) electrons. The summed E-state index contributed by atoms with van der Waals surface area (Å²) < 4.78 is 11.0. The fourth-order valence-corrected chi connectivity index (χ4v) is 3.54. The molecule has 0 aliphatic carbocycles. The number of benzene rings is 1. The zero-order valence-electron chi connectivity index (χ0n) is 19.0. The topological polar surface area (TPSA) is 87.8 Å². The third-order valence-electron chi connectivity index (χ3n) is 5.07. The molecule has 0 amide bonds. The van der Waals surface area contributed by atoms with Crippen LogP contribution in [0.5, 0.6) is 0 Å². The molecule has 3 rings (SSSR count). The number of halogens is 2. The summed E-state index contributed by atoms with van der Waals surface area (Å²) >= 11 is 5.94. The van der Waals surface area contributed by atoms with Crippen molar-refractivity contribution in [1.82, 2.24) is 25.7 Å². The Balaban J connectivity index is 0.00000363. The maximum Gasteiger partial charge on any atom is 0.248 e. The number of piperidine rings is 1. The molecule has 1 aliphatic rings. The van der Waals surface area contributed by atoms with Crippen LogP contribution in [-0.4, -0.2) is 65.9 Å². The first kappa shape index (κ1) is 26.8. The average Bonchev–Trinajstić information content (AvgIpc) is 3.23. The van der Waals surface area contributed by atoms with Crippen LogP contribution in [0.1, 0.15) is 39.5 Å². The minimum atomic E-state index is 0. The quantitative estimate of drug-likeness (QED) is 0.266. The van der Waals surface area contributed by atoms with E-state index in [9.17, 15) is 0 Å². The fourth-order valence-electron chi connectivity index (χ4n) is 3.41. The number of ether oxygens (including phenoxy) is 1. The Morgan fingerprint density at radius 1 is 1.28 bits per heavy atom. The van der Waals surface area contributed by atoms with Crippen molar-refractivity contribution in [3.63, 3.8) is 0 Å². The SMILES string of the molecule is CCNC(=NCc1nc(-c2ccc(Cl)cc2)no1)NC1CCN(CCOC(C)C)CC1.I. The fraction of sp³-hybridized carbons (Fsp3) is 0.591. The van der Waals surface area contributed by atoms with Crippen LogP contribution in [0.15, 0.2) is 33.8 Å². The Morgan fingerprint density at radius 3 is 2.66 bits per heavy atom. The second-order valence-corrected chi connectivity index (χ2v) is 8.33. The highest BCUT2D eigenvalue weighted by Gasteiger charge is 2.20. The van der Waals surface area contributed by atoms with E-state index in [-0.39, 0.29) is 24.0 Å². The van der Waals surface area contributed by atoms with E-state index in [2.05, 4.69) is 51.4 Å². The van der Waals surface area contributed by atoms with Gasteiger partial charge in [0.25, 0.3) is 0 Å². The summed E-state index contributed by atoms with van der Waals surface area (Å²) in [5, 5.41) is 11.6. The van der Waals surface area contributed by atoms with E-state index < -0.39 is 0 Å². The molecule has 32 heavy (non-hydrogen) atoms. The predicted octanol–water partition coefficient (Wildman–Crippen LogP) is 3.95. The largest absolute Gasteiger partial charge is 0.377 e. The summed E-state index contributed by atoms with van der Waals surface area (Å²) in [5.74, 6) is 1.78. The number of nitrogens with one attached hydrogen (secondary N) is 2. The highest BCUT2D eigenvalue weighted by atomic mass is 127. The van der Waals surface area contributed by atoms with Gasteiger partial charge in [0.05, 0.1) is 12.7 Å². The monoisotopic (exact) mass is 576 g/mol. The van der Waals surface area contributed by atoms with Gasteiger partial charge in [0.2, 0.25) is 11.7 Å². The van der Waals surface area contributed by atoms with Gasteiger partial charge in [0.15, 0.2) is 5.96 Å². The molecule has 1 saturated heterocycles. The molecule has 0 bridgehead atoms. The Kier molecular flexibility index (Phi) is 11.7. The number of aliphatic imine (C=N–C) groups is 1. The summed E-state index contributed by atoms with van der Waals surface area (Å²) in [6.07, 6.45) is 2.44. The van der Waals surface area contributed by atoms with Crippen molar-refractivity contribution in [2.75, 3.05) is 32.8 Å². The molecule has 1 aromatic carbocycles. The van der Waals surface area contributed by atoms with Gasteiger partial charge in [-0.2, -0.15) is 4.98 Å². The number of guanidine groups is 1. The molecule has 1 aromatic heterocycles. The molecule has 1 aliphatic heterocycles. The Bertz CT molecular complexity index is 822. The van der Waals surface area contributed by atoms with Crippen molar-refractivity contribution < 1.29 is 9.26 Å². The van der Waals surface area contributed by atoms with Crippen molar-refractivity contribution in [1.29, 1.82) is 0 Å². The van der Waals surface area contributed by atoms with Gasteiger partial charge in [-0.05, 0) is 57.9 Å². The Morgan fingerprint density at radius 2 is 2.00 bits per heavy atom. The highest BCUT2D eigenvalue weighted by molar-refractivity contribution is 14.0. The first-order valence-corrected chi connectivity index (χ1v) is 11.4. The number of hydrogen-bond donors (Lipinski definition) is 2. The lowest BCUT2D eigenvalue weighted by atomic mass is 10.1. The van der Waals surface area contributed by atoms with Crippen LogP contribution in [-0.2, 0) is 11.3 Å². The molecule has 0 atom stereocenters. The predicted molar refractivity (Wildman–Crippen MR) is 139 cm³/mol. The molecule has 0 saturated carbocycles. The Hall–Kier alpha value is -1.43. The normalized spacial score (nSPS) is 15.6. The average molecular weight is 577 g/mol. The second-order valence-electron chi connectivity index (χ2n) is 7.89.